The Kier molecular flexibility index (Phi) is 2.61. The Morgan fingerprint density at radius 3 is 2.95 bits per heavy atom. The van der Waals surface area contributed by atoms with Crippen LogP contribution in [0.5, 0.6) is 0 Å². The van der Waals surface area contributed by atoms with E-state index >= 15 is 0 Å². The molecule has 0 aliphatic heterocycles. The Bertz CT molecular complexity index is 958. The molecule has 3 aromatic heterocycles. The van der Waals surface area contributed by atoms with Crippen LogP contribution in [-0.4, -0.2) is 20.3 Å². The number of anilines is 2. The summed E-state index contributed by atoms with van der Waals surface area (Å²) < 4.78 is 4.79. The third-order valence-electron chi connectivity index (χ3n) is 3.50. The lowest BCUT2D eigenvalue weighted by atomic mass is 10.2. The summed E-state index contributed by atoms with van der Waals surface area (Å²) in [4.78, 5) is 10.9. The molecule has 1 aromatic carbocycles. The lowest BCUT2D eigenvalue weighted by Gasteiger charge is -2.07. The van der Waals surface area contributed by atoms with Gasteiger partial charge >= 0.3 is 0 Å². The summed E-state index contributed by atoms with van der Waals surface area (Å²) in [5, 5.41) is 12.2. The third-order valence-corrected chi connectivity index (χ3v) is 4.62. The molecule has 21 heavy (non-hydrogen) atoms. The lowest BCUT2D eigenvalue weighted by molar-refractivity contribution is 0.315. The first kappa shape index (κ1) is 12.2. The molecule has 0 radical (unpaired) electrons. The van der Waals surface area contributed by atoms with Crippen LogP contribution in [0.1, 0.15) is 10.4 Å². The van der Waals surface area contributed by atoms with Crippen LogP contribution in [0.3, 0.4) is 0 Å². The lowest BCUT2D eigenvalue weighted by Crippen LogP contribution is -1.96. The number of nitrogens with one attached hydrogen (secondary N) is 1. The largest absolute Gasteiger partial charge is 0.338 e. The SMILES string of the molecule is Cc1sc2ncnc(Nc3cccc4nonc34)c2c1C. The zero-order valence-electron chi connectivity index (χ0n) is 11.4. The highest BCUT2D eigenvalue weighted by molar-refractivity contribution is 7.18. The topological polar surface area (TPSA) is 76.7 Å². The second-order valence-corrected chi connectivity index (χ2v) is 5.95. The van der Waals surface area contributed by atoms with Crippen LogP contribution >= 0.6 is 11.3 Å². The standard InChI is InChI=1S/C14H11N5OS/c1-7-8(2)21-14-11(7)13(15-6-16-14)17-9-4-3-5-10-12(9)19-20-18-10/h3-6H,1-2H3,(H,15,16,17). The predicted octanol–water partition coefficient (Wildman–Crippen LogP) is 3.59. The van der Waals surface area contributed by atoms with E-state index in [1.165, 1.54) is 10.4 Å². The number of hydrogen-bond donors (Lipinski definition) is 1. The molecule has 0 spiro atoms. The average molecular weight is 297 g/mol. The minimum atomic E-state index is 0.689. The molecule has 0 unspecified atom stereocenters. The summed E-state index contributed by atoms with van der Waals surface area (Å²) in [6.45, 7) is 4.18. The molecule has 0 atom stereocenters. The van der Waals surface area contributed by atoms with E-state index in [1.54, 1.807) is 17.7 Å². The zero-order chi connectivity index (χ0) is 14.4. The van der Waals surface area contributed by atoms with Crippen LogP contribution in [0.15, 0.2) is 29.2 Å². The van der Waals surface area contributed by atoms with E-state index in [1.807, 2.05) is 18.2 Å². The van der Waals surface area contributed by atoms with Crippen molar-refractivity contribution in [3.63, 3.8) is 0 Å². The molecular formula is C14H11N5OS. The van der Waals surface area contributed by atoms with Crippen LogP contribution in [0.2, 0.25) is 0 Å². The van der Waals surface area contributed by atoms with E-state index in [-0.39, 0.29) is 0 Å². The predicted molar refractivity (Wildman–Crippen MR) is 82.0 cm³/mol. The van der Waals surface area contributed by atoms with Gasteiger partial charge in [-0.2, -0.15) is 0 Å². The molecule has 0 aliphatic carbocycles. The molecular weight excluding hydrogens is 286 g/mol. The van der Waals surface area contributed by atoms with E-state index in [0.29, 0.717) is 11.0 Å². The van der Waals surface area contributed by atoms with Gasteiger partial charge in [-0.1, -0.05) is 6.07 Å². The second kappa shape index (κ2) is 4.49. The van der Waals surface area contributed by atoms with Crippen molar-refractivity contribution in [3.8, 4) is 0 Å². The number of aromatic nitrogens is 4. The normalized spacial score (nSPS) is 11.3. The van der Waals surface area contributed by atoms with Gasteiger partial charge in [-0.25, -0.2) is 14.6 Å². The molecule has 0 saturated carbocycles. The molecule has 104 valence electrons. The number of fused-ring (bicyclic) bond motifs is 2. The smallest absolute Gasteiger partial charge is 0.158 e. The summed E-state index contributed by atoms with van der Waals surface area (Å²) in [7, 11) is 0. The zero-order valence-corrected chi connectivity index (χ0v) is 12.2. The Morgan fingerprint density at radius 1 is 1.14 bits per heavy atom. The average Bonchev–Trinajstić information content (AvgIpc) is 3.06. The molecule has 0 amide bonds. The third kappa shape index (κ3) is 1.85. The van der Waals surface area contributed by atoms with Crippen molar-refractivity contribution < 1.29 is 4.63 Å². The van der Waals surface area contributed by atoms with Gasteiger partial charge in [0.1, 0.15) is 22.5 Å². The molecule has 1 N–H and O–H groups in total. The van der Waals surface area contributed by atoms with Crippen LogP contribution in [0.4, 0.5) is 11.5 Å². The van der Waals surface area contributed by atoms with Crippen molar-refractivity contribution in [2.75, 3.05) is 5.32 Å². The van der Waals surface area contributed by atoms with Gasteiger partial charge in [-0.05, 0) is 41.9 Å². The molecule has 6 nitrogen and oxygen atoms in total. The van der Waals surface area contributed by atoms with Crippen LogP contribution < -0.4 is 5.32 Å². The van der Waals surface area contributed by atoms with Gasteiger partial charge in [0.15, 0.2) is 5.52 Å². The quantitative estimate of drug-likeness (QED) is 0.609. The monoisotopic (exact) mass is 297 g/mol. The van der Waals surface area contributed by atoms with Gasteiger partial charge in [0.2, 0.25) is 0 Å². The highest BCUT2D eigenvalue weighted by Crippen LogP contribution is 2.34. The summed E-state index contributed by atoms with van der Waals surface area (Å²) in [6.07, 6.45) is 1.57. The van der Waals surface area contributed by atoms with E-state index in [4.69, 9.17) is 4.63 Å². The Morgan fingerprint density at radius 2 is 2.05 bits per heavy atom. The molecule has 0 saturated heterocycles. The number of nitrogens with zero attached hydrogens (tertiary/aromatic N) is 4. The first-order valence-corrected chi connectivity index (χ1v) is 7.24. The summed E-state index contributed by atoms with van der Waals surface area (Å²) in [5.41, 5.74) is 3.41. The Labute approximate surface area is 123 Å². The second-order valence-electron chi connectivity index (χ2n) is 4.75. The molecule has 3 heterocycles. The fraction of sp³-hybridized carbons (Fsp3) is 0.143. The highest BCUT2D eigenvalue weighted by Gasteiger charge is 2.14. The van der Waals surface area contributed by atoms with E-state index in [9.17, 15) is 0 Å². The van der Waals surface area contributed by atoms with Crippen LogP contribution in [-0.2, 0) is 0 Å². The van der Waals surface area contributed by atoms with E-state index < -0.39 is 0 Å². The maximum atomic E-state index is 4.79. The fourth-order valence-corrected chi connectivity index (χ4v) is 3.31. The van der Waals surface area contributed by atoms with Gasteiger partial charge < -0.3 is 5.32 Å². The maximum Gasteiger partial charge on any atom is 0.158 e. The summed E-state index contributed by atoms with van der Waals surface area (Å²) >= 11 is 1.67. The summed E-state index contributed by atoms with van der Waals surface area (Å²) in [5.74, 6) is 0.775. The summed E-state index contributed by atoms with van der Waals surface area (Å²) in [6, 6.07) is 5.68. The van der Waals surface area contributed by atoms with Crippen molar-refractivity contribution in [2.24, 2.45) is 0 Å². The highest BCUT2D eigenvalue weighted by atomic mass is 32.1. The van der Waals surface area contributed by atoms with Crippen molar-refractivity contribution in [1.29, 1.82) is 0 Å². The number of benzene rings is 1. The number of aryl methyl sites for hydroxylation is 2. The van der Waals surface area contributed by atoms with Gasteiger partial charge in [0, 0.05) is 4.88 Å². The fourth-order valence-electron chi connectivity index (χ4n) is 2.31. The molecule has 4 rings (SSSR count). The minimum Gasteiger partial charge on any atom is -0.338 e. The number of thiophene rings is 1. The van der Waals surface area contributed by atoms with E-state index in [0.717, 1.165) is 21.7 Å². The van der Waals surface area contributed by atoms with E-state index in [2.05, 4.69) is 39.4 Å². The molecule has 7 heteroatoms. The van der Waals surface area contributed by atoms with Gasteiger partial charge in [-0.3, -0.25) is 0 Å². The number of hydrogen-bond acceptors (Lipinski definition) is 7. The molecule has 4 aromatic rings. The molecule has 0 aliphatic rings. The minimum absolute atomic E-state index is 0.689. The first-order valence-electron chi connectivity index (χ1n) is 6.43. The Balaban J connectivity index is 1.90. The van der Waals surface area contributed by atoms with Crippen molar-refractivity contribution in [3.05, 3.63) is 35.0 Å². The van der Waals surface area contributed by atoms with Crippen molar-refractivity contribution in [1.82, 2.24) is 20.3 Å². The first-order chi connectivity index (χ1) is 10.2. The van der Waals surface area contributed by atoms with Gasteiger partial charge in [0.25, 0.3) is 0 Å². The van der Waals surface area contributed by atoms with Gasteiger partial charge in [0.05, 0.1) is 11.1 Å². The van der Waals surface area contributed by atoms with Crippen molar-refractivity contribution >= 4 is 44.1 Å². The van der Waals surface area contributed by atoms with Crippen molar-refractivity contribution in [2.45, 2.75) is 13.8 Å². The van der Waals surface area contributed by atoms with Gasteiger partial charge in [-0.15, -0.1) is 11.3 Å². The Hall–Kier alpha value is -2.54. The van der Waals surface area contributed by atoms with Crippen LogP contribution in [0.25, 0.3) is 21.3 Å². The number of rotatable bonds is 2. The van der Waals surface area contributed by atoms with Crippen LogP contribution in [0, 0.1) is 13.8 Å². The molecule has 0 bridgehead atoms. The maximum absolute atomic E-state index is 4.79. The molecule has 0 fully saturated rings.